The maximum absolute atomic E-state index is 5.77. The zero-order valence-electron chi connectivity index (χ0n) is 9.49. The number of nitrogens with two attached hydrogens (primary N) is 1. The van der Waals surface area contributed by atoms with E-state index in [0.29, 0.717) is 5.41 Å². The molecule has 0 spiro atoms. The van der Waals surface area contributed by atoms with E-state index in [4.69, 9.17) is 5.73 Å². The molecule has 0 atom stereocenters. The monoisotopic (exact) mass is 225 g/mol. The van der Waals surface area contributed by atoms with Gasteiger partial charge in [0.1, 0.15) is 0 Å². The minimum Gasteiger partial charge on any atom is -0.330 e. The molecule has 0 saturated heterocycles. The fourth-order valence-corrected chi connectivity index (χ4v) is 2.98. The Bertz CT molecular complexity index is 328. The molecule has 0 unspecified atom stereocenters. The second-order valence-corrected chi connectivity index (χ2v) is 6.04. The molecule has 84 valence electrons. The minimum atomic E-state index is 0.410. The lowest BCUT2D eigenvalue weighted by molar-refractivity contribution is 0.406. The molecule has 1 aliphatic carbocycles. The van der Waals surface area contributed by atoms with Gasteiger partial charge < -0.3 is 10.6 Å². The number of rotatable bonds is 5. The van der Waals surface area contributed by atoms with Crippen LogP contribution in [0.1, 0.15) is 22.7 Å². The molecule has 2 N–H and O–H groups in total. The highest BCUT2D eigenvalue weighted by Gasteiger charge is 2.41. The maximum atomic E-state index is 5.77. The molecule has 1 aromatic rings. The fourth-order valence-electron chi connectivity index (χ4n) is 1.77. The summed E-state index contributed by atoms with van der Waals surface area (Å²) in [6.07, 6.45) is 5.66. The Hall–Kier alpha value is -0.450. The van der Waals surface area contributed by atoms with Crippen LogP contribution in [0.2, 0.25) is 0 Å². The lowest BCUT2D eigenvalue weighted by atomic mass is 10.0. The summed E-state index contributed by atoms with van der Waals surface area (Å²) in [5.74, 6) is 0. The first kappa shape index (κ1) is 11.0. The van der Waals surface area contributed by atoms with E-state index in [0.717, 1.165) is 19.5 Å². The van der Waals surface area contributed by atoms with Gasteiger partial charge >= 0.3 is 0 Å². The molecule has 1 aromatic heterocycles. The summed E-state index contributed by atoms with van der Waals surface area (Å²) in [4.78, 5) is 8.00. The van der Waals surface area contributed by atoms with Gasteiger partial charge in [-0.1, -0.05) is 0 Å². The second kappa shape index (κ2) is 4.20. The third kappa shape index (κ3) is 2.77. The topological polar surface area (TPSA) is 42.2 Å². The molecule has 1 saturated carbocycles. The molecule has 15 heavy (non-hydrogen) atoms. The smallest absolute Gasteiger partial charge is 0.0934 e. The van der Waals surface area contributed by atoms with Crippen LogP contribution in [0.3, 0.4) is 0 Å². The summed E-state index contributed by atoms with van der Waals surface area (Å²) >= 11 is 1.84. The van der Waals surface area contributed by atoms with Crippen molar-refractivity contribution in [1.29, 1.82) is 0 Å². The van der Waals surface area contributed by atoms with Crippen LogP contribution in [0.5, 0.6) is 0 Å². The Labute approximate surface area is 95.3 Å². The number of thiazole rings is 1. The summed E-state index contributed by atoms with van der Waals surface area (Å²) in [6, 6.07) is 0. The molecule has 0 bridgehead atoms. The van der Waals surface area contributed by atoms with Crippen molar-refractivity contribution >= 4 is 11.3 Å². The molecule has 1 heterocycles. The van der Waals surface area contributed by atoms with Crippen molar-refractivity contribution in [1.82, 2.24) is 9.88 Å². The lowest BCUT2D eigenvalue weighted by Gasteiger charge is -2.08. The molecule has 3 nitrogen and oxygen atoms in total. The Kier molecular flexibility index (Phi) is 3.09. The predicted octanol–water partition coefficient (Wildman–Crippen LogP) is 1.49. The Morgan fingerprint density at radius 3 is 2.80 bits per heavy atom. The maximum Gasteiger partial charge on any atom is 0.0934 e. The van der Waals surface area contributed by atoms with Crippen LogP contribution < -0.4 is 5.73 Å². The van der Waals surface area contributed by atoms with E-state index in [9.17, 15) is 0 Å². The van der Waals surface area contributed by atoms with E-state index in [1.807, 2.05) is 17.5 Å². The first-order chi connectivity index (χ1) is 7.13. The minimum absolute atomic E-state index is 0.410. The van der Waals surface area contributed by atoms with Crippen molar-refractivity contribution in [3.63, 3.8) is 0 Å². The SMILES string of the molecule is CN(C)Cc1cnc(CC2(CN)CC2)s1. The molecule has 0 radical (unpaired) electrons. The molecule has 2 rings (SSSR count). The van der Waals surface area contributed by atoms with Gasteiger partial charge in [0.25, 0.3) is 0 Å². The van der Waals surface area contributed by atoms with Gasteiger partial charge in [-0.25, -0.2) is 4.98 Å². The zero-order chi connectivity index (χ0) is 10.9. The van der Waals surface area contributed by atoms with Crippen LogP contribution in [0.4, 0.5) is 0 Å². The van der Waals surface area contributed by atoms with Crippen LogP contribution in [0.25, 0.3) is 0 Å². The van der Waals surface area contributed by atoms with Gasteiger partial charge in [-0.3, -0.25) is 0 Å². The third-order valence-electron chi connectivity index (χ3n) is 2.99. The predicted molar refractivity (Wildman–Crippen MR) is 63.9 cm³/mol. The summed E-state index contributed by atoms with van der Waals surface area (Å²) < 4.78 is 0. The third-order valence-corrected chi connectivity index (χ3v) is 3.97. The molecule has 0 aliphatic heterocycles. The van der Waals surface area contributed by atoms with Crippen molar-refractivity contribution in [2.24, 2.45) is 11.1 Å². The van der Waals surface area contributed by atoms with Gasteiger partial charge in [0, 0.05) is 24.0 Å². The molecule has 0 amide bonds. The molecule has 1 fully saturated rings. The van der Waals surface area contributed by atoms with Gasteiger partial charge in [-0.05, 0) is 38.9 Å². The van der Waals surface area contributed by atoms with Crippen molar-refractivity contribution in [3.8, 4) is 0 Å². The van der Waals surface area contributed by atoms with Crippen LogP contribution in [0.15, 0.2) is 6.20 Å². The summed E-state index contributed by atoms with van der Waals surface area (Å²) in [6.45, 7) is 1.81. The number of hydrogen-bond acceptors (Lipinski definition) is 4. The molecule has 0 aromatic carbocycles. The van der Waals surface area contributed by atoms with Crippen LogP contribution in [0, 0.1) is 5.41 Å². The normalized spacial score (nSPS) is 18.4. The molecule has 1 aliphatic rings. The first-order valence-corrected chi connectivity index (χ1v) is 6.24. The van der Waals surface area contributed by atoms with Gasteiger partial charge in [-0.15, -0.1) is 11.3 Å². The molecular formula is C11H19N3S. The van der Waals surface area contributed by atoms with Gasteiger partial charge in [0.15, 0.2) is 0 Å². The number of aromatic nitrogens is 1. The Morgan fingerprint density at radius 1 is 1.53 bits per heavy atom. The van der Waals surface area contributed by atoms with Gasteiger partial charge in [0.2, 0.25) is 0 Å². The van der Waals surface area contributed by atoms with Crippen molar-refractivity contribution < 1.29 is 0 Å². The van der Waals surface area contributed by atoms with E-state index in [1.165, 1.54) is 22.7 Å². The number of hydrogen-bond donors (Lipinski definition) is 1. The van der Waals surface area contributed by atoms with Gasteiger partial charge in [-0.2, -0.15) is 0 Å². The standard InChI is InChI=1S/C11H19N3S/c1-14(2)7-9-6-13-10(15-9)5-11(8-12)3-4-11/h6H,3-5,7-8,12H2,1-2H3. The van der Waals surface area contributed by atoms with Crippen LogP contribution in [-0.2, 0) is 13.0 Å². The Balaban J connectivity index is 1.95. The molecule has 4 heteroatoms. The highest BCUT2D eigenvalue weighted by atomic mass is 32.1. The van der Waals surface area contributed by atoms with Gasteiger partial charge in [0.05, 0.1) is 5.01 Å². The average molecular weight is 225 g/mol. The van der Waals surface area contributed by atoms with E-state index in [2.05, 4.69) is 24.0 Å². The van der Waals surface area contributed by atoms with Crippen LogP contribution in [-0.4, -0.2) is 30.5 Å². The van der Waals surface area contributed by atoms with Crippen molar-refractivity contribution in [2.45, 2.75) is 25.8 Å². The summed E-state index contributed by atoms with van der Waals surface area (Å²) in [5, 5.41) is 1.26. The largest absolute Gasteiger partial charge is 0.330 e. The van der Waals surface area contributed by atoms with E-state index < -0.39 is 0 Å². The van der Waals surface area contributed by atoms with Crippen molar-refractivity contribution in [3.05, 3.63) is 16.1 Å². The summed E-state index contributed by atoms with van der Waals surface area (Å²) in [5.41, 5.74) is 6.18. The first-order valence-electron chi connectivity index (χ1n) is 5.42. The van der Waals surface area contributed by atoms with E-state index in [-0.39, 0.29) is 0 Å². The fraction of sp³-hybridized carbons (Fsp3) is 0.727. The highest BCUT2D eigenvalue weighted by molar-refractivity contribution is 7.11. The van der Waals surface area contributed by atoms with E-state index >= 15 is 0 Å². The van der Waals surface area contributed by atoms with E-state index in [1.54, 1.807) is 0 Å². The average Bonchev–Trinajstić information content (AvgIpc) is 2.82. The zero-order valence-corrected chi connectivity index (χ0v) is 10.3. The number of nitrogens with zero attached hydrogens (tertiary/aromatic N) is 2. The lowest BCUT2D eigenvalue weighted by Crippen LogP contribution is -2.17. The molecular weight excluding hydrogens is 206 g/mol. The van der Waals surface area contributed by atoms with Crippen LogP contribution >= 0.6 is 11.3 Å². The highest BCUT2D eigenvalue weighted by Crippen LogP contribution is 2.47. The summed E-state index contributed by atoms with van der Waals surface area (Å²) in [7, 11) is 4.17. The second-order valence-electron chi connectivity index (χ2n) is 4.84. The Morgan fingerprint density at radius 2 is 2.27 bits per heavy atom. The van der Waals surface area contributed by atoms with Crippen molar-refractivity contribution in [2.75, 3.05) is 20.6 Å². The quantitative estimate of drug-likeness (QED) is 0.825.